The molecular formula is C13H14F3O3S+. The number of hydrogen-bond donors (Lipinski definition) is 0. The highest BCUT2D eigenvalue weighted by molar-refractivity contribution is 7.97. The maximum Gasteiger partial charge on any atom is 0.422 e. The number of rotatable bonds is 3. The number of hydrogen-bond acceptors (Lipinski definition) is 3. The summed E-state index contributed by atoms with van der Waals surface area (Å²) in [7, 11) is -0.172. The Morgan fingerprint density at radius 1 is 1.25 bits per heavy atom. The van der Waals surface area contributed by atoms with Crippen molar-refractivity contribution in [2.45, 2.75) is 11.1 Å². The average Bonchev–Trinajstić information content (AvgIpc) is 2.45. The molecule has 0 bridgehead atoms. The first-order valence-corrected chi connectivity index (χ1v) is 7.62. The Hall–Kier alpha value is -1.21. The molecule has 0 unspecified atom stereocenters. The standard InChI is InChI=1S/C13H14F3O3S/c14-13(15,16)9-19-12(17)10-3-1-2-4-11(10)20-7-5-18-6-8-20/h1-4H,5-9H2/q+1. The van der Waals surface area contributed by atoms with Gasteiger partial charge in [-0.25, -0.2) is 4.79 Å². The summed E-state index contributed by atoms with van der Waals surface area (Å²) in [6, 6.07) is 6.69. The summed E-state index contributed by atoms with van der Waals surface area (Å²) < 4.78 is 45.9. The molecule has 1 heterocycles. The lowest BCUT2D eigenvalue weighted by Gasteiger charge is -2.16. The molecule has 0 aromatic heterocycles. The minimum atomic E-state index is -4.51. The first kappa shape index (κ1) is 15.2. The molecule has 0 N–H and O–H groups in total. The molecule has 1 aromatic rings. The second kappa shape index (κ2) is 6.49. The largest absolute Gasteiger partial charge is 0.452 e. The van der Waals surface area contributed by atoms with E-state index in [2.05, 4.69) is 4.74 Å². The second-order valence-corrected chi connectivity index (χ2v) is 6.44. The van der Waals surface area contributed by atoms with Gasteiger partial charge in [-0.1, -0.05) is 12.1 Å². The zero-order chi connectivity index (χ0) is 14.6. The topological polar surface area (TPSA) is 35.5 Å². The van der Waals surface area contributed by atoms with Gasteiger partial charge in [0.15, 0.2) is 11.5 Å². The first-order valence-electron chi connectivity index (χ1n) is 6.05. The highest BCUT2D eigenvalue weighted by atomic mass is 32.2. The van der Waals surface area contributed by atoms with Crippen LogP contribution < -0.4 is 0 Å². The first-order chi connectivity index (χ1) is 9.47. The molecule has 0 saturated carbocycles. The molecule has 110 valence electrons. The van der Waals surface area contributed by atoms with Crippen molar-refractivity contribution in [1.82, 2.24) is 0 Å². The number of carbonyl (C=O) groups is 1. The molecule has 0 atom stereocenters. The fraction of sp³-hybridized carbons (Fsp3) is 0.462. The molecule has 0 spiro atoms. The van der Waals surface area contributed by atoms with Crippen LogP contribution in [0.3, 0.4) is 0 Å². The van der Waals surface area contributed by atoms with Gasteiger partial charge in [0, 0.05) is 10.9 Å². The van der Waals surface area contributed by atoms with Crippen molar-refractivity contribution < 1.29 is 27.4 Å². The van der Waals surface area contributed by atoms with Crippen molar-refractivity contribution in [3.05, 3.63) is 29.8 Å². The van der Waals surface area contributed by atoms with Gasteiger partial charge < -0.3 is 9.47 Å². The second-order valence-electron chi connectivity index (χ2n) is 4.20. The molecule has 20 heavy (non-hydrogen) atoms. The molecule has 1 aliphatic rings. The maximum absolute atomic E-state index is 12.1. The minimum absolute atomic E-state index is 0.172. The fourth-order valence-electron chi connectivity index (χ4n) is 1.86. The summed E-state index contributed by atoms with van der Waals surface area (Å²) in [5.41, 5.74) is 0.224. The lowest BCUT2D eigenvalue weighted by molar-refractivity contribution is -0.161. The van der Waals surface area contributed by atoms with Crippen LogP contribution in [-0.4, -0.2) is 43.5 Å². The fourth-order valence-corrected chi connectivity index (χ4v) is 3.87. The van der Waals surface area contributed by atoms with E-state index in [-0.39, 0.29) is 16.5 Å². The Morgan fingerprint density at radius 2 is 1.90 bits per heavy atom. The Morgan fingerprint density at radius 3 is 2.55 bits per heavy atom. The lowest BCUT2D eigenvalue weighted by Crippen LogP contribution is -2.28. The van der Waals surface area contributed by atoms with Crippen LogP contribution in [0.4, 0.5) is 13.2 Å². The molecule has 0 radical (unpaired) electrons. The smallest absolute Gasteiger partial charge is 0.422 e. The summed E-state index contributed by atoms with van der Waals surface area (Å²) in [5, 5.41) is 0. The van der Waals surface area contributed by atoms with Gasteiger partial charge in [-0.2, -0.15) is 13.2 Å². The van der Waals surface area contributed by atoms with E-state index in [9.17, 15) is 18.0 Å². The average molecular weight is 307 g/mol. The monoisotopic (exact) mass is 307 g/mol. The van der Waals surface area contributed by atoms with Crippen LogP contribution in [-0.2, 0) is 20.4 Å². The van der Waals surface area contributed by atoms with E-state index in [1.54, 1.807) is 18.2 Å². The van der Waals surface area contributed by atoms with Crippen molar-refractivity contribution >= 4 is 16.9 Å². The molecule has 2 rings (SSSR count). The van der Waals surface area contributed by atoms with Gasteiger partial charge in [0.05, 0.1) is 13.2 Å². The molecule has 1 aromatic carbocycles. The summed E-state index contributed by atoms with van der Waals surface area (Å²) in [6.45, 7) is -0.346. The van der Waals surface area contributed by atoms with Crippen molar-refractivity contribution in [2.24, 2.45) is 0 Å². The molecule has 3 nitrogen and oxygen atoms in total. The Labute approximate surface area is 117 Å². The molecule has 7 heteroatoms. The van der Waals surface area contributed by atoms with Crippen LogP contribution in [0.1, 0.15) is 10.4 Å². The highest BCUT2D eigenvalue weighted by Crippen LogP contribution is 2.23. The van der Waals surface area contributed by atoms with E-state index < -0.39 is 18.8 Å². The summed E-state index contributed by atoms with van der Waals surface area (Å²) in [4.78, 5) is 12.6. The van der Waals surface area contributed by atoms with E-state index in [4.69, 9.17) is 4.74 Å². The summed E-state index contributed by atoms with van der Waals surface area (Å²) >= 11 is 0. The number of ether oxygens (including phenoxy) is 2. The van der Waals surface area contributed by atoms with Gasteiger partial charge in [0.1, 0.15) is 17.1 Å². The lowest BCUT2D eigenvalue weighted by atomic mass is 10.2. The Bertz CT molecular complexity index is 470. The maximum atomic E-state index is 12.1. The number of halogens is 3. The summed E-state index contributed by atoms with van der Waals surface area (Å²) in [6.07, 6.45) is -4.51. The van der Waals surface area contributed by atoms with E-state index in [1.165, 1.54) is 6.07 Å². The molecule has 1 aliphatic heterocycles. The van der Waals surface area contributed by atoms with Gasteiger partial charge in [-0.3, -0.25) is 0 Å². The van der Waals surface area contributed by atoms with Crippen LogP contribution in [0.5, 0.6) is 0 Å². The van der Waals surface area contributed by atoms with Gasteiger partial charge >= 0.3 is 12.1 Å². The van der Waals surface area contributed by atoms with E-state index in [0.717, 1.165) is 16.4 Å². The normalized spacial score (nSPS) is 16.9. The predicted octanol–water partition coefficient (Wildman–Crippen LogP) is 2.41. The minimum Gasteiger partial charge on any atom is -0.452 e. The van der Waals surface area contributed by atoms with Gasteiger partial charge in [0.25, 0.3) is 0 Å². The number of carbonyl (C=O) groups excluding carboxylic acids is 1. The van der Waals surface area contributed by atoms with Gasteiger partial charge in [-0.05, 0) is 12.1 Å². The van der Waals surface area contributed by atoms with E-state index in [1.807, 2.05) is 0 Å². The molecule has 0 amide bonds. The zero-order valence-corrected chi connectivity index (χ0v) is 11.4. The molecule has 1 saturated heterocycles. The van der Waals surface area contributed by atoms with Crippen molar-refractivity contribution in [3.63, 3.8) is 0 Å². The van der Waals surface area contributed by atoms with Crippen LogP contribution in [0, 0.1) is 0 Å². The number of benzene rings is 1. The molecule has 0 aliphatic carbocycles. The van der Waals surface area contributed by atoms with Crippen LogP contribution >= 0.6 is 0 Å². The molecule has 1 fully saturated rings. The third-order valence-electron chi connectivity index (χ3n) is 2.73. The highest BCUT2D eigenvalue weighted by Gasteiger charge is 2.33. The molecular weight excluding hydrogens is 293 g/mol. The number of esters is 1. The van der Waals surface area contributed by atoms with Gasteiger partial charge in [-0.15, -0.1) is 0 Å². The Balaban J connectivity index is 2.12. The zero-order valence-electron chi connectivity index (χ0n) is 10.6. The quantitative estimate of drug-likeness (QED) is 0.635. The predicted molar refractivity (Wildman–Crippen MR) is 69.0 cm³/mol. The Kier molecular flexibility index (Phi) is 4.93. The van der Waals surface area contributed by atoms with Crippen molar-refractivity contribution in [2.75, 3.05) is 31.3 Å². The van der Waals surface area contributed by atoms with Crippen molar-refractivity contribution in [3.8, 4) is 0 Å². The van der Waals surface area contributed by atoms with Crippen LogP contribution in [0.15, 0.2) is 29.2 Å². The number of alkyl halides is 3. The van der Waals surface area contributed by atoms with E-state index in [0.29, 0.717) is 13.2 Å². The van der Waals surface area contributed by atoms with Crippen LogP contribution in [0.2, 0.25) is 0 Å². The van der Waals surface area contributed by atoms with E-state index >= 15 is 0 Å². The SMILES string of the molecule is O=C(OCC(F)(F)F)c1ccccc1[S+]1CCOCC1. The summed E-state index contributed by atoms with van der Waals surface area (Å²) in [5.74, 6) is 0.643. The van der Waals surface area contributed by atoms with Gasteiger partial charge in [0.2, 0.25) is 0 Å². The van der Waals surface area contributed by atoms with Crippen molar-refractivity contribution in [1.29, 1.82) is 0 Å². The third-order valence-corrected chi connectivity index (χ3v) is 5.03. The van der Waals surface area contributed by atoms with Crippen LogP contribution in [0.25, 0.3) is 0 Å². The third kappa shape index (κ3) is 4.14.